The maximum absolute atomic E-state index is 3.26. The molecule has 0 aliphatic heterocycles. The Balaban J connectivity index is 0. The summed E-state index contributed by atoms with van der Waals surface area (Å²) in [7, 11) is 0. The quantitative estimate of drug-likeness (QED) is 0.592. The molecule has 0 spiro atoms. The van der Waals surface area contributed by atoms with Gasteiger partial charge in [0.1, 0.15) is 2.14 Å². The second-order valence-corrected chi connectivity index (χ2v) is 8.56. The fourth-order valence-electron chi connectivity index (χ4n) is 0. The van der Waals surface area contributed by atoms with Gasteiger partial charge in [0.2, 0.25) is 0 Å². The van der Waals surface area contributed by atoms with Crippen molar-refractivity contribution >= 4 is 63.7 Å². The second-order valence-electron chi connectivity index (χ2n) is 0.749. The summed E-state index contributed by atoms with van der Waals surface area (Å²) < 4.78 is -0.104. The first-order valence-electron chi connectivity index (χ1n) is 1.19. The zero-order valence-electron chi connectivity index (χ0n) is 3.22. The number of hydrogen-bond donors (Lipinski definition) is 0. The largest absolute Gasteiger partial charge is 0.412 e. The van der Waals surface area contributed by atoms with Crippen LogP contribution in [0.3, 0.4) is 0 Å². The molecule has 0 radical (unpaired) electrons. The Labute approximate surface area is 76.1 Å². The molecule has 0 aromatic carbocycles. The summed E-state index contributed by atoms with van der Waals surface area (Å²) in [4.78, 5) is 0. The van der Waals surface area contributed by atoms with Gasteiger partial charge in [0.15, 0.2) is 0 Å². The summed E-state index contributed by atoms with van der Waals surface area (Å²) in [6.07, 6.45) is 0. The van der Waals surface area contributed by atoms with Crippen LogP contribution in [-0.4, -0.2) is 12.9 Å². The Kier molecular flexibility index (Phi) is 7.87. The van der Waals surface area contributed by atoms with Crippen LogP contribution in [0.1, 0.15) is 0 Å². The lowest BCUT2D eigenvalue weighted by Gasteiger charge is -2.03. The fourth-order valence-corrected chi connectivity index (χ4v) is 0. The van der Waals surface area contributed by atoms with Crippen molar-refractivity contribution in [3.63, 3.8) is 0 Å². The lowest BCUT2D eigenvalue weighted by molar-refractivity contribution is 0.824. The summed E-state index contributed by atoms with van der Waals surface area (Å²) in [5.41, 5.74) is 0. The Morgan fingerprint density at radius 2 is 1.29 bits per heavy atom. The summed E-state index contributed by atoms with van der Waals surface area (Å²) in [6, 6.07) is 0. The van der Waals surface area contributed by atoms with Crippen molar-refractivity contribution in [2.24, 2.45) is 0 Å². The highest BCUT2D eigenvalue weighted by Gasteiger charge is 2.13. The molecule has 46 valence electrons. The van der Waals surface area contributed by atoms with Crippen LogP contribution in [0.25, 0.3) is 0 Å². The van der Waals surface area contributed by atoms with E-state index in [1.807, 2.05) is 0 Å². The van der Waals surface area contributed by atoms with Crippen molar-refractivity contribution in [1.29, 1.82) is 0 Å². The van der Waals surface area contributed by atoms with Gasteiger partial charge in [-0.15, -0.1) is 0 Å². The molecule has 0 aromatic rings. The molecule has 0 aromatic heterocycles. The van der Waals surface area contributed by atoms with Gasteiger partial charge in [-0.1, -0.05) is 63.7 Å². The number of alkyl halides is 4. The van der Waals surface area contributed by atoms with Crippen LogP contribution < -0.4 is 0 Å². The van der Waals surface area contributed by atoms with Gasteiger partial charge in [-0.2, -0.15) is 0 Å². The van der Waals surface area contributed by atoms with Crippen LogP contribution in [-0.2, 0) is 0 Å². The Hall–Kier alpha value is 1.88. The minimum atomic E-state index is -0.104. The van der Waals surface area contributed by atoms with E-state index in [1.165, 1.54) is 0 Å². The second kappa shape index (κ2) is 4.73. The third-order valence-corrected chi connectivity index (χ3v) is 4.09. The van der Waals surface area contributed by atoms with E-state index in [4.69, 9.17) is 0 Å². The summed E-state index contributed by atoms with van der Waals surface area (Å²) >= 11 is 13.0. The molecule has 1 nitrogen and oxygen atoms in total. The molecular weight excluding hydrogens is 360 g/mol. The van der Waals surface area contributed by atoms with Crippen LogP contribution in [0.2, 0.25) is 0 Å². The van der Waals surface area contributed by atoms with Crippen LogP contribution in [0.5, 0.6) is 0 Å². The molecule has 5 heteroatoms. The molecule has 0 aliphatic carbocycles. The van der Waals surface area contributed by atoms with Gasteiger partial charge < -0.3 is 5.48 Å². The molecule has 7 heavy (non-hydrogen) atoms. The van der Waals surface area contributed by atoms with E-state index in [2.05, 4.69) is 63.7 Å². The van der Waals surface area contributed by atoms with Crippen molar-refractivity contribution in [3.8, 4) is 0 Å². The van der Waals surface area contributed by atoms with E-state index in [9.17, 15) is 0 Å². The fraction of sp³-hybridized carbons (Fsp3) is 1.00. The Bertz CT molecular complexity index is 39.4. The molecule has 0 amide bonds. The van der Waals surface area contributed by atoms with Gasteiger partial charge in [-0.25, -0.2) is 0 Å². The van der Waals surface area contributed by atoms with Crippen LogP contribution in [0.4, 0.5) is 0 Å². The minimum absolute atomic E-state index is 0. The minimum Gasteiger partial charge on any atom is -0.412 e. The highest BCUT2D eigenvalue weighted by Crippen LogP contribution is 2.34. The predicted octanol–water partition coefficient (Wildman–Crippen LogP) is 2.40. The third-order valence-electron chi connectivity index (χ3n) is 0.152. The maximum Gasteiger partial charge on any atom is 0.144 e. The maximum atomic E-state index is 3.26. The summed E-state index contributed by atoms with van der Waals surface area (Å²) in [5, 5.41) is 0.833. The molecule has 2 N–H and O–H groups in total. The molecule has 0 saturated carbocycles. The normalized spacial score (nSPS) is 10.3. The van der Waals surface area contributed by atoms with E-state index in [1.54, 1.807) is 0 Å². The van der Waals surface area contributed by atoms with Gasteiger partial charge in [0.25, 0.3) is 0 Å². The van der Waals surface area contributed by atoms with Crippen molar-refractivity contribution in [3.05, 3.63) is 0 Å². The van der Waals surface area contributed by atoms with Gasteiger partial charge in [-0.3, -0.25) is 0 Å². The van der Waals surface area contributed by atoms with Crippen molar-refractivity contribution in [2.45, 2.75) is 2.14 Å². The smallest absolute Gasteiger partial charge is 0.144 e. The standard InChI is InChI=1S/C2H2Br4.H2O/c3-1-2(4,5)6;/h1H2;1H2. The lowest BCUT2D eigenvalue weighted by atomic mass is 11.0. The highest BCUT2D eigenvalue weighted by molar-refractivity contribution is 9.40. The van der Waals surface area contributed by atoms with Gasteiger partial charge in [0.05, 0.1) is 0 Å². The van der Waals surface area contributed by atoms with Crippen LogP contribution >= 0.6 is 63.7 Å². The summed E-state index contributed by atoms with van der Waals surface area (Å²) in [5.74, 6) is 0. The first-order valence-corrected chi connectivity index (χ1v) is 4.69. The monoisotopic (exact) mass is 360 g/mol. The molecule has 0 fully saturated rings. The van der Waals surface area contributed by atoms with E-state index in [0.29, 0.717) is 0 Å². The van der Waals surface area contributed by atoms with E-state index in [-0.39, 0.29) is 7.62 Å². The molecule has 0 saturated heterocycles. The van der Waals surface area contributed by atoms with Gasteiger partial charge >= 0.3 is 0 Å². The average Bonchev–Trinajstić information content (AvgIpc) is 1.35. The lowest BCUT2D eigenvalue weighted by Crippen LogP contribution is -1.97. The highest BCUT2D eigenvalue weighted by atomic mass is 80.0. The zero-order chi connectivity index (χ0) is 5.21. The van der Waals surface area contributed by atoms with Crippen molar-refractivity contribution < 1.29 is 5.48 Å². The van der Waals surface area contributed by atoms with Gasteiger partial charge in [-0.05, 0) is 0 Å². The summed E-state index contributed by atoms with van der Waals surface area (Å²) in [6.45, 7) is 0. The van der Waals surface area contributed by atoms with Crippen molar-refractivity contribution in [2.75, 3.05) is 5.33 Å². The molecule has 0 aliphatic rings. The number of halogens is 4. The molecule has 0 heterocycles. The van der Waals surface area contributed by atoms with E-state index >= 15 is 0 Å². The van der Waals surface area contributed by atoms with Gasteiger partial charge in [0, 0.05) is 5.33 Å². The first-order chi connectivity index (χ1) is 2.56. The molecular formula is C2H4Br4O. The average molecular weight is 364 g/mol. The molecule has 0 rings (SSSR count). The van der Waals surface area contributed by atoms with Crippen molar-refractivity contribution in [1.82, 2.24) is 0 Å². The van der Waals surface area contributed by atoms with Crippen LogP contribution in [0.15, 0.2) is 0 Å². The molecule has 0 unspecified atom stereocenters. The first kappa shape index (κ1) is 11.6. The number of hydrogen-bond acceptors (Lipinski definition) is 0. The third kappa shape index (κ3) is 11.4. The SMILES string of the molecule is BrCC(Br)(Br)Br.O. The zero-order valence-corrected chi connectivity index (χ0v) is 9.56. The van der Waals surface area contributed by atoms with E-state index < -0.39 is 0 Å². The Morgan fingerprint density at radius 1 is 1.14 bits per heavy atom. The number of rotatable bonds is 0. The van der Waals surface area contributed by atoms with E-state index in [0.717, 1.165) is 5.33 Å². The molecule has 0 bridgehead atoms. The van der Waals surface area contributed by atoms with Crippen LogP contribution in [0, 0.1) is 0 Å². The predicted molar refractivity (Wildman–Crippen MR) is 46.9 cm³/mol. The topological polar surface area (TPSA) is 31.5 Å². The Morgan fingerprint density at radius 3 is 1.29 bits per heavy atom. The molecule has 0 atom stereocenters.